The van der Waals surface area contributed by atoms with E-state index < -0.39 is 0 Å². The van der Waals surface area contributed by atoms with Crippen LogP contribution in [-0.2, 0) is 4.79 Å². The molecule has 0 saturated carbocycles. The molecule has 0 aliphatic carbocycles. The van der Waals surface area contributed by atoms with Crippen molar-refractivity contribution < 1.29 is 4.79 Å². The number of hydrogen-bond donors (Lipinski definition) is 1. The summed E-state index contributed by atoms with van der Waals surface area (Å²) in [7, 11) is 0. The molecule has 0 spiro atoms. The molecule has 2 aliphatic heterocycles. The van der Waals surface area contributed by atoms with Crippen LogP contribution in [0.2, 0.25) is 0 Å². The Balaban J connectivity index is 1.81. The van der Waals surface area contributed by atoms with Crippen LogP contribution in [0, 0.1) is 11.8 Å². The van der Waals surface area contributed by atoms with Gasteiger partial charge in [-0.15, -0.1) is 0 Å². The largest absolute Gasteiger partial charge is 0.339 e. The predicted molar refractivity (Wildman–Crippen MR) is 73.2 cm³/mol. The molecule has 4 heteroatoms. The van der Waals surface area contributed by atoms with Gasteiger partial charge in [0.25, 0.3) is 0 Å². The van der Waals surface area contributed by atoms with E-state index in [1.165, 1.54) is 6.54 Å². The number of hydrogen-bond acceptors (Lipinski definition) is 3. The molecular formula is C14H27N3O. The normalized spacial score (nSPS) is 27.4. The van der Waals surface area contributed by atoms with E-state index in [1.54, 1.807) is 0 Å². The lowest BCUT2D eigenvalue weighted by molar-refractivity contribution is -0.130. The average Bonchev–Trinajstić information content (AvgIpc) is 2.71. The quantitative estimate of drug-likeness (QED) is 0.810. The van der Waals surface area contributed by atoms with Crippen LogP contribution in [0.15, 0.2) is 0 Å². The van der Waals surface area contributed by atoms with E-state index in [4.69, 9.17) is 5.73 Å². The molecule has 104 valence electrons. The van der Waals surface area contributed by atoms with Crippen molar-refractivity contribution in [2.45, 2.75) is 39.2 Å². The number of nitrogens with two attached hydrogens (primary N) is 1. The SMILES string of the molecule is CC(C)CN1CCC(N2CC(CN)CC2=O)CC1. The van der Waals surface area contributed by atoms with Gasteiger partial charge in [0.1, 0.15) is 0 Å². The van der Waals surface area contributed by atoms with Gasteiger partial charge < -0.3 is 15.5 Å². The van der Waals surface area contributed by atoms with Crippen molar-refractivity contribution in [3.8, 4) is 0 Å². The number of rotatable bonds is 4. The van der Waals surface area contributed by atoms with Crippen molar-refractivity contribution in [2.24, 2.45) is 17.6 Å². The smallest absolute Gasteiger partial charge is 0.223 e. The number of carbonyl (C=O) groups is 1. The third kappa shape index (κ3) is 3.23. The second-order valence-electron chi connectivity index (χ2n) is 6.28. The van der Waals surface area contributed by atoms with Gasteiger partial charge in [-0.05, 0) is 31.2 Å². The molecule has 18 heavy (non-hydrogen) atoms. The Morgan fingerprint density at radius 2 is 2.00 bits per heavy atom. The number of amides is 1. The summed E-state index contributed by atoms with van der Waals surface area (Å²) in [5.74, 6) is 1.45. The lowest BCUT2D eigenvalue weighted by Crippen LogP contribution is -2.46. The lowest BCUT2D eigenvalue weighted by Gasteiger charge is -2.37. The molecule has 0 aromatic carbocycles. The summed E-state index contributed by atoms with van der Waals surface area (Å²) in [6.07, 6.45) is 2.94. The molecule has 1 atom stereocenters. The standard InChI is InChI=1S/C14H27N3O/c1-11(2)9-16-5-3-13(4-6-16)17-10-12(8-15)7-14(17)18/h11-13H,3-10,15H2,1-2H3. The van der Waals surface area contributed by atoms with E-state index in [0.717, 1.165) is 38.4 Å². The summed E-state index contributed by atoms with van der Waals surface area (Å²) in [6.45, 7) is 9.54. The summed E-state index contributed by atoms with van der Waals surface area (Å²) in [4.78, 5) is 16.6. The zero-order valence-electron chi connectivity index (χ0n) is 11.8. The van der Waals surface area contributed by atoms with Gasteiger partial charge in [-0.25, -0.2) is 0 Å². The summed E-state index contributed by atoms with van der Waals surface area (Å²) in [5, 5.41) is 0. The van der Waals surface area contributed by atoms with Crippen LogP contribution in [0.1, 0.15) is 33.1 Å². The summed E-state index contributed by atoms with van der Waals surface area (Å²) in [6, 6.07) is 0.470. The van der Waals surface area contributed by atoms with E-state index >= 15 is 0 Å². The first kappa shape index (κ1) is 13.8. The Kier molecular flexibility index (Phi) is 4.62. The maximum absolute atomic E-state index is 12.0. The van der Waals surface area contributed by atoms with E-state index in [0.29, 0.717) is 30.8 Å². The molecule has 0 radical (unpaired) electrons. The first-order valence-electron chi connectivity index (χ1n) is 7.32. The molecule has 0 bridgehead atoms. The van der Waals surface area contributed by atoms with Gasteiger partial charge in [0, 0.05) is 38.6 Å². The Bertz CT molecular complexity index is 285. The molecular weight excluding hydrogens is 226 g/mol. The van der Waals surface area contributed by atoms with E-state index in [9.17, 15) is 4.79 Å². The summed E-state index contributed by atoms with van der Waals surface area (Å²) in [5.41, 5.74) is 5.68. The highest BCUT2D eigenvalue weighted by Gasteiger charge is 2.35. The molecule has 0 aromatic rings. The molecule has 2 fully saturated rings. The Morgan fingerprint density at radius 1 is 1.33 bits per heavy atom. The Hall–Kier alpha value is -0.610. The molecule has 4 nitrogen and oxygen atoms in total. The third-order valence-electron chi connectivity index (χ3n) is 4.19. The minimum absolute atomic E-state index is 0.327. The van der Waals surface area contributed by atoms with Crippen molar-refractivity contribution in [3.63, 3.8) is 0 Å². The van der Waals surface area contributed by atoms with Crippen LogP contribution in [0.5, 0.6) is 0 Å². The van der Waals surface area contributed by atoms with Gasteiger partial charge in [-0.2, -0.15) is 0 Å². The molecule has 2 rings (SSSR count). The highest BCUT2D eigenvalue weighted by Crippen LogP contribution is 2.25. The van der Waals surface area contributed by atoms with Crippen molar-refractivity contribution >= 4 is 5.91 Å². The highest BCUT2D eigenvalue weighted by molar-refractivity contribution is 5.79. The van der Waals surface area contributed by atoms with Crippen molar-refractivity contribution in [3.05, 3.63) is 0 Å². The minimum Gasteiger partial charge on any atom is -0.339 e. The van der Waals surface area contributed by atoms with Gasteiger partial charge in [0.05, 0.1) is 0 Å². The lowest BCUT2D eigenvalue weighted by atomic mass is 10.0. The molecule has 2 saturated heterocycles. The minimum atomic E-state index is 0.327. The fourth-order valence-electron chi connectivity index (χ4n) is 3.25. The number of carbonyl (C=O) groups excluding carboxylic acids is 1. The van der Waals surface area contributed by atoms with Crippen LogP contribution in [0.4, 0.5) is 0 Å². The van der Waals surface area contributed by atoms with Crippen LogP contribution in [0.3, 0.4) is 0 Å². The van der Waals surface area contributed by atoms with Crippen molar-refractivity contribution in [1.29, 1.82) is 0 Å². The second-order valence-corrected chi connectivity index (χ2v) is 6.28. The molecule has 1 unspecified atom stereocenters. The van der Waals surface area contributed by atoms with Gasteiger partial charge in [-0.1, -0.05) is 13.8 Å². The Morgan fingerprint density at radius 3 is 2.50 bits per heavy atom. The molecule has 2 heterocycles. The van der Waals surface area contributed by atoms with Crippen molar-refractivity contribution in [2.75, 3.05) is 32.7 Å². The first-order chi connectivity index (χ1) is 8.60. The van der Waals surface area contributed by atoms with Crippen LogP contribution in [0.25, 0.3) is 0 Å². The average molecular weight is 253 g/mol. The molecule has 0 aromatic heterocycles. The van der Waals surface area contributed by atoms with Crippen LogP contribution in [-0.4, -0.2) is 54.5 Å². The molecule has 2 aliphatic rings. The fourth-order valence-corrected chi connectivity index (χ4v) is 3.25. The van der Waals surface area contributed by atoms with Gasteiger partial charge in [0.2, 0.25) is 5.91 Å². The summed E-state index contributed by atoms with van der Waals surface area (Å²) >= 11 is 0. The van der Waals surface area contributed by atoms with Gasteiger partial charge >= 0.3 is 0 Å². The van der Waals surface area contributed by atoms with E-state index in [1.807, 2.05) is 0 Å². The second kappa shape index (κ2) is 6.02. The highest BCUT2D eigenvalue weighted by atomic mass is 16.2. The predicted octanol–water partition coefficient (Wildman–Crippen LogP) is 0.914. The number of piperidine rings is 1. The fraction of sp³-hybridized carbons (Fsp3) is 0.929. The van der Waals surface area contributed by atoms with E-state index in [-0.39, 0.29) is 0 Å². The molecule has 2 N–H and O–H groups in total. The monoisotopic (exact) mass is 253 g/mol. The number of nitrogens with zero attached hydrogens (tertiary/aromatic N) is 2. The summed E-state index contributed by atoms with van der Waals surface area (Å²) < 4.78 is 0. The first-order valence-corrected chi connectivity index (χ1v) is 7.32. The maximum Gasteiger partial charge on any atom is 0.223 e. The number of likely N-dealkylation sites (tertiary alicyclic amines) is 2. The third-order valence-corrected chi connectivity index (χ3v) is 4.19. The zero-order chi connectivity index (χ0) is 13.1. The van der Waals surface area contributed by atoms with Gasteiger partial charge in [0.15, 0.2) is 0 Å². The zero-order valence-corrected chi connectivity index (χ0v) is 11.8. The van der Waals surface area contributed by atoms with Gasteiger partial charge in [-0.3, -0.25) is 4.79 Å². The van der Waals surface area contributed by atoms with Crippen molar-refractivity contribution in [1.82, 2.24) is 9.80 Å². The Labute approximate surface area is 110 Å². The molecule has 1 amide bonds. The maximum atomic E-state index is 12.0. The topological polar surface area (TPSA) is 49.6 Å². The van der Waals surface area contributed by atoms with Crippen LogP contribution < -0.4 is 5.73 Å². The van der Waals surface area contributed by atoms with Crippen LogP contribution >= 0.6 is 0 Å². The van der Waals surface area contributed by atoms with E-state index in [2.05, 4.69) is 23.6 Å².